The SMILES string of the molecule is CCO/C(N)=C1/CC(C)OC1=O. The first-order valence-corrected chi connectivity index (χ1v) is 3.97. The van der Waals surface area contributed by atoms with Crippen molar-refractivity contribution >= 4 is 5.97 Å². The molecule has 0 aromatic rings. The van der Waals surface area contributed by atoms with E-state index in [-0.39, 0.29) is 18.0 Å². The molecule has 1 saturated heterocycles. The van der Waals surface area contributed by atoms with Crippen molar-refractivity contribution in [3.8, 4) is 0 Å². The van der Waals surface area contributed by atoms with Crippen LogP contribution in [-0.4, -0.2) is 18.7 Å². The molecule has 4 heteroatoms. The van der Waals surface area contributed by atoms with Crippen molar-refractivity contribution < 1.29 is 14.3 Å². The molecule has 0 aliphatic carbocycles. The number of rotatable bonds is 2. The van der Waals surface area contributed by atoms with Gasteiger partial charge in [-0.05, 0) is 13.8 Å². The molecule has 2 N–H and O–H groups in total. The first kappa shape index (κ1) is 8.90. The second-order valence-electron chi connectivity index (χ2n) is 2.70. The maximum atomic E-state index is 11.1. The van der Waals surface area contributed by atoms with Crippen molar-refractivity contribution in [3.63, 3.8) is 0 Å². The van der Waals surface area contributed by atoms with Crippen LogP contribution < -0.4 is 5.73 Å². The molecular weight excluding hydrogens is 158 g/mol. The summed E-state index contributed by atoms with van der Waals surface area (Å²) in [6, 6.07) is 0. The van der Waals surface area contributed by atoms with Gasteiger partial charge in [-0.3, -0.25) is 0 Å². The summed E-state index contributed by atoms with van der Waals surface area (Å²) < 4.78 is 9.89. The van der Waals surface area contributed by atoms with E-state index in [2.05, 4.69) is 0 Å². The van der Waals surface area contributed by atoms with E-state index >= 15 is 0 Å². The molecule has 1 aliphatic heterocycles. The third-order valence-electron chi connectivity index (χ3n) is 1.64. The summed E-state index contributed by atoms with van der Waals surface area (Å²) in [4.78, 5) is 11.1. The van der Waals surface area contributed by atoms with Gasteiger partial charge in [-0.25, -0.2) is 4.79 Å². The van der Waals surface area contributed by atoms with Gasteiger partial charge in [0.15, 0.2) is 5.88 Å². The van der Waals surface area contributed by atoms with Crippen LogP contribution in [0.5, 0.6) is 0 Å². The van der Waals surface area contributed by atoms with Gasteiger partial charge in [-0.1, -0.05) is 0 Å². The Labute approximate surface area is 71.3 Å². The lowest BCUT2D eigenvalue weighted by atomic mass is 10.2. The molecule has 1 unspecified atom stereocenters. The normalized spacial score (nSPS) is 26.8. The van der Waals surface area contributed by atoms with E-state index in [0.29, 0.717) is 18.6 Å². The van der Waals surface area contributed by atoms with Gasteiger partial charge in [0.25, 0.3) is 0 Å². The van der Waals surface area contributed by atoms with Gasteiger partial charge in [0.05, 0.1) is 6.61 Å². The Bertz CT molecular complexity index is 222. The van der Waals surface area contributed by atoms with E-state index in [0.717, 1.165) is 0 Å². The molecule has 1 fully saturated rings. The summed E-state index contributed by atoms with van der Waals surface area (Å²) in [7, 11) is 0. The van der Waals surface area contributed by atoms with Crippen molar-refractivity contribution in [1.82, 2.24) is 0 Å². The topological polar surface area (TPSA) is 61.6 Å². The van der Waals surface area contributed by atoms with Crippen LogP contribution in [0.1, 0.15) is 20.3 Å². The van der Waals surface area contributed by atoms with Gasteiger partial charge in [0, 0.05) is 6.42 Å². The zero-order valence-electron chi connectivity index (χ0n) is 7.29. The Morgan fingerprint density at radius 3 is 2.92 bits per heavy atom. The number of hydrogen-bond donors (Lipinski definition) is 1. The monoisotopic (exact) mass is 171 g/mol. The van der Waals surface area contributed by atoms with E-state index < -0.39 is 0 Å². The number of cyclic esters (lactones) is 1. The average molecular weight is 171 g/mol. The number of nitrogens with two attached hydrogens (primary N) is 1. The highest BCUT2D eigenvalue weighted by atomic mass is 16.6. The first-order valence-electron chi connectivity index (χ1n) is 3.97. The van der Waals surface area contributed by atoms with Crippen LogP contribution >= 0.6 is 0 Å². The summed E-state index contributed by atoms with van der Waals surface area (Å²) in [5, 5.41) is 0. The third kappa shape index (κ3) is 1.69. The number of hydrogen-bond acceptors (Lipinski definition) is 4. The predicted octanol–water partition coefficient (Wildman–Crippen LogP) is 0.529. The molecule has 0 aromatic heterocycles. The molecule has 0 bridgehead atoms. The molecule has 0 aromatic carbocycles. The lowest BCUT2D eigenvalue weighted by Gasteiger charge is -2.02. The fourth-order valence-corrected chi connectivity index (χ4v) is 1.11. The standard InChI is InChI=1S/C8H13NO3/c1-3-11-7(9)6-4-5(2)12-8(6)10/h5H,3-4,9H2,1-2H3/b7-6-. The molecule has 1 aliphatic rings. The van der Waals surface area contributed by atoms with Crippen molar-refractivity contribution in [1.29, 1.82) is 0 Å². The highest BCUT2D eigenvalue weighted by molar-refractivity contribution is 5.91. The summed E-state index contributed by atoms with van der Waals surface area (Å²) in [6.07, 6.45) is 0.469. The summed E-state index contributed by atoms with van der Waals surface area (Å²) >= 11 is 0. The first-order chi connectivity index (χ1) is 5.65. The Morgan fingerprint density at radius 1 is 1.83 bits per heavy atom. The number of carbonyl (C=O) groups excluding carboxylic acids is 1. The van der Waals surface area contributed by atoms with Crippen LogP contribution in [-0.2, 0) is 14.3 Å². The highest BCUT2D eigenvalue weighted by Gasteiger charge is 2.28. The zero-order chi connectivity index (χ0) is 9.14. The van der Waals surface area contributed by atoms with Gasteiger partial charge in [-0.15, -0.1) is 0 Å². The van der Waals surface area contributed by atoms with E-state index in [1.54, 1.807) is 0 Å². The molecule has 1 rings (SSSR count). The van der Waals surface area contributed by atoms with Crippen LogP contribution in [0, 0.1) is 0 Å². The Morgan fingerprint density at radius 2 is 2.50 bits per heavy atom. The van der Waals surface area contributed by atoms with Gasteiger partial charge < -0.3 is 15.2 Å². The van der Waals surface area contributed by atoms with Gasteiger partial charge in [0.2, 0.25) is 0 Å². The number of ether oxygens (including phenoxy) is 2. The molecule has 12 heavy (non-hydrogen) atoms. The quantitative estimate of drug-likeness (QED) is 0.374. The Hall–Kier alpha value is -1.19. The number of carbonyl (C=O) groups is 1. The second-order valence-corrected chi connectivity index (χ2v) is 2.70. The van der Waals surface area contributed by atoms with Crippen LogP contribution in [0.2, 0.25) is 0 Å². The van der Waals surface area contributed by atoms with Crippen LogP contribution in [0.15, 0.2) is 11.5 Å². The Balaban J connectivity index is 2.73. The van der Waals surface area contributed by atoms with E-state index in [1.807, 2.05) is 13.8 Å². The number of esters is 1. The maximum absolute atomic E-state index is 11.1. The summed E-state index contributed by atoms with van der Waals surface area (Å²) in [5.74, 6) is -0.152. The molecular formula is C8H13NO3. The van der Waals surface area contributed by atoms with Gasteiger partial charge in [0.1, 0.15) is 11.7 Å². The minimum Gasteiger partial charge on any atom is -0.479 e. The van der Waals surface area contributed by atoms with Crippen molar-refractivity contribution in [2.24, 2.45) is 5.73 Å². The predicted molar refractivity (Wildman–Crippen MR) is 43.0 cm³/mol. The van der Waals surface area contributed by atoms with Crippen LogP contribution in [0.25, 0.3) is 0 Å². The lowest BCUT2D eigenvalue weighted by molar-refractivity contribution is -0.138. The fraction of sp³-hybridized carbons (Fsp3) is 0.625. The minimum atomic E-state index is -0.353. The van der Waals surface area contributed by atoms with Crippen LogP contribution in [0.4, 0.5) is 0 Å². The average Bonchev–Trinajstić information content (AvgIpc) is 2.30. The van der Waals surface area contributed by atoms with E-state index in [1.165, 1.54) is 0 Å². The molecule has 4 nitrogen and oxygen atoms in total. The molecule has 1 atom stereocenters. The van der Waals surface area contributed by atoms with Crippen molar-refractivity contribution in [2.75, 3.05) is 6.61 Å². The van der Waals surface area contributed by atoms with E-state index in [4.69, 9.17) is 15.2 Å². The minimum absolute atomic E-state index is 0.0773. The lowest BCUT2D eigenvalue weighted by Crippen LogP contribution is -2.10. The van der Waals surface area contributed by atoms with Gasteiger partial charge in [-0.2, -0.15) is 0 Å². The second kappa shape index (κ2) is 3.47. The third-order valence-corrected chi connectivity index (χ3v) is 1.64. The highest BCUT2D eigenvalue weighted by Crippen LogP contribution is 2.21. The smallest absolute Gasteiger partial charge is 0.339 e. The van der Waals surface area contributed by atoms with Crippen LogP contribution in [0.3, 0.4) is 0 Å². The summed E-state index contributed by atoms with van der Waals surface area (Å²) in [6.45, 7) is 4.11. The van der Waals surface area contributed by atoms with Crippen molar-refractivity contribution in [3.05, 3.63) is 11.5 Å². The Kier molecular flexibility index (Phi) is 2.58. The molecule has 1 heterocycles. The summed E-state index contributed by atoms with van der Waals surface area (Å²) in [5.41, 5.74) is 5.96. The molecule has 0 saturated carbocycles. The van der Waals surface area contributed by atoms with Gasteiger partial charge >= 0.3 is 5.97 Å². The zero-order valence-corrected chi connectivity index (χ0v) is 7.29. The largest absolute Gasteiger partial charge is 0.479 e. The molecule has 0 spiro atoms. The maximum Gasteiger partial charge on any atom is 0.339 e. The van der Waals surface area contributed by atoms with Crippen molar-refractivity contribution in [2.45, 2.75) is 26.4 Å². The molecule has 0 radical (unpaired) electrons. The fourth-order valence-electron chi connectivity index (χ4n) is 1.11. The van der Waals surface area contributed by atoms with E-state index in [9.17, 15) is 4.79 Å². The molecule has 0 amide bonds. The molecule has 68 valence electrons.